The number of amides is 1. The number of aliphatic imine (C=N–C) groups is 1. The summed E-state index contributed by atoms with van der Waals surface area (Å²) in [5.41, 5.74) is 2.22. The summed E-state index contributed by atoms with van der Waals surface area (Å²) in [5.74, 6) is -1.05. The number of fused-ring (bicyclic) bond motifs is 1. The minimum absolute atomic E-state index is 0.0295. The quantitative estimate of drug-likeness (QED) is 0.443. The van der Waals surface area contributed by atoms with E-state index in [0.29, 0.717) is 27.4 Å². The third-order valence-electron chi connectivity index (χ3n) is 5.12. The summed E-state index contributed by atoms with van der Waals surface area (Å²) in [6.45, 7) is -0.321. The van der Waals surface area contributed by atoms with Crippen LogP contribution in [-0.2, 0) is 4.79 Å². The average Bonchev–Trinajstić information content (AvgIpc) is 3.33. The number of aliphatic hydroxyl groups excluding tert-OH is 1. The van der Waals surface area contributed by atoms with Crippen molar-refractivity contribution in [2.75, 3.05) is 13.2 Å². The first-order chi connectivity index (χ1) is 15.9. The molecule has 4 rings (SSSR count). The van der Waals surface area contributed by atoms with E-state index >= 15 is 0 Å². The Balaban J connectivity index is 1.78. The Hall–Kier alpha value is -4.13. The Morgan fingerprint density at radius 2 is 2.06 bits per heavy atom. The largest absolute Gasteiger partial charge is 0.493 e. The Labute approximate surface area is 192 Å². The lowest BCUT2D eigenvalue weighted by molar-refractivity contribution is -0.123. The highest BCUT2D eigenvalue weighted by molar-refractivity contribution is 6.31. The van der Waals surface area contributed by atoms with Crippen molar-refractivity contribution in [1.29, 1.82) is 5.26 Å². The SMILES string of the molecule is N#Cc1ccc(C(C(=O)NCCO)n2c(O)c(C=C3C=Nc4cc(Cl)ccc43)[nH]c2=O)cc1. The van der Waals surface area contributed by atoms with Crippen LogP contribution in [0.15, 0.2) is 52.3 Å². The van der Waals surface area contributed by atoms with E-state index < -0.39 is 23.5 Å². The molecule has 2 heterocycles. The number of aromatic amines is 1. The summed E-state index contributed by atoms with van der Waals surface area (Å²) in [6.07, 6.45) is 3.14. The van der Waals surface area contributed by atoms with Crippen molar-refractivity contribution in [2.24, 2.45) is 4.99 Å². The van der Waals surface area contributed by atoms with E-state index in [1.807, 2.05) is 6.07 Å². The molecule has 1 aliphatic heterocycles. The van der Waals surface area contributed by atoms with Crippen molar-refractivity contribution in [3.63, 3.8) is 0 Å². The molecule has 10 heteroatoms. The minimum atomic E-state index is -1.23. The van der Waals surface area contributed by atoms with E-state index in [-0.39, 0.29) is 18.8 Å². The van der Waals surface area contributed by atoms with E-state index in [1.54, 1.807) is 30.5 Å². The van der Waals surface area contributed by atoms with Gasteiger partial charge < -0.3 is 20.5 Å². The number of nitrogens with zero attached hydrogens (tertiary/aromatic N) is 3. The number of carbonyl (C=O) groups is 1. The number of aromatic hydroxyl groups is 1. The number of aromatic nitrogens is 2. The van der Waals surface area contributed by atoms with Gasteiger partial charge in [-0.2, -0.15) is 5.26 Å². The van der Waals surface area contributed by atoms with Gasteiger partial charge in [-0.25, -0.2) is 9.36 Å². The number of hydrogen-bond donors (Lipinski definition) is 4. The first-order valence-electron chi connectivity index (χ1n) is 9.90. The lowest BCUT2D eigenvalue weighted by atomic mass is 10.0. The average molecular weight is 464 g/mol. The summed E-state index contributed by atoms with van der Waals surface area (Å²) in [7, 11) is 0. The molecule has 166 valence electrons. The highest BCUT2D eigenvalue weighted by Gasteiger charge is 2.28. The van der Waals surface area contributed by atoms with Crippen molar-refractivity contribution >= 4 is 41.1 Å². The van der Waals surface area contributed by atoms with Crippen LogP contribution < -0.4 is 11.0 Å². The van der Waals surface area contributed by atoms with E-state index in [2.05, 4.69) is 15.3 Å². The monoisotopic (exact) mass is 463 g/mol. The molecular weight excluding hydrogens is 446 g/mol. The van der Waals surface area contributed by atoms with Crippen LogP contribution in [0.1, 0.15) is 28.4 Å². The predicted molar refractivity (Wildman–Crippen MR) is 124 cm³/mol. The van der Waals surface area contributed by atoms with Crippen molar-refractivity contribution in [1.82, 2.24) is 14.9 Å². The highest BCUT2D eigenvalue weighted by Crippen LogP contribution is 2.35. The van der Waals surface area contributed by atoms with Crippen molar-refractivity contribution in [3.05, 3.63) is 80.4 Å². The molecule has 0 radical (unpaired) electrons. The van der Waals surface area contributed by atoms with Gasteiger partial charge in [-0.3, -0.25) is 9.79 Å². The molecule has 1 atom stereocenters. The number of benzene rings is 2. The Kier molecular flexibility index (Phi) is 6.13. The van der Waals surface area contributed by atoms with Gasteiger partial charge in [-0.15, -0.1) is 0 Å². The molecule has 1 unspecified atom stereocenters. The van der Waals surface area contributed by atoms with Gasteiger partial charge in [0.15, 0.2) is 0 Å². The molecular formula is C23H18ClN5O4. The van der Waals surface area contributed by atoms with Gasteiger partial charge >= 0.3 is 5.69 Å². The molecule has 9 nitrogen and oxygen atoms in total. The van der Waals surface area contributed by atoms with Crippen LogP contribution in [0, 0.1) is 11.3 Å². The van der Waals surface area contributed by atoms with Crippen molar-refractivity contribution in [3.8, 4) is 11.9 Å². The lowest BCUT2D eigenvalue weighted by Gasteiger charge is -2.18. The topological polar surface area (TPSA) is 144 Å². The van der Waals surface area contributed by atoms with Gasteiger partial charge in [0.05, 0.1) is 23.9 Å². The van der Waals surface area contributed by atoms with E-state index in [9.17, 15) is 14.7 Å². The first-order valence-corrected chi connectivity index (χ1v) is 10.3. The zero-order chi connectivity index (χ0) is 23.5. The van der Waals surface area contributed by atoms with Gasteiger partial charge in [-0.05, 0) is 35.9 Å². The summed E-state index contributed by atoms with van der Waals surface area (Å²) in [5, 5.41) is 32.1. The molecule has 1 aromatic heterocycles. The van der Waals surface area contributed by atoms with Crippen LogP contribution in [0.5, 0.6) is 5.88 Å². The fourth-order valence-electron chi connectivity index (χ4n) is 3.57. The van der Waals surface area contributed by atoms with Gasteiger partial charge in [0.2, 0.25) is 11.8 Å². The number of allylic oxidation sites excluding steroid dienone is 1. The zero-order valence-corrected chi connectivity index (χ0v) is 17.9. The molecule has 0 fully saturated rings. The van der Waals surface area contributed by atoms with Crippen LogP contribution >= 0.6 is 11.6 Å². The number of aliphatic hydroxyl groups is 1. The van der Waals surface area contributed by atoms with Crippen molar-refractivity contribution < 1.29 is 15.0 Å². The number of imidazole rings is 1. The van der Waals surface area contributed by atoms with Crippen LogP contribution in [0.3, 0.4) is 0 Å². The van der Waals surface area contributed by atoms with Gasteiger partial charge in [0, 0.05) is 28.9 Å². The van der Waals surface area contributed by atoms with E-state index in [0.717, 1.165) is 10.1 Å². The lowest BCUT2D eigenvalue weighted by Crippen LogP contribution is -2.38. The Bertz CT molecular complexity index is 1380. The van der Waals surface area contributed by atoms with Gasteiger partial charge in [0.1, 0.15) is 11.7 Å². The normalized spacial score (nSPS) is 14.2. The van der Waals surface area contributed by atoms with Crippen LogP contribution in [0.2, 0.25) is 5.02 Å². The summed E-state index contributed by atoms with van der Waals surface area (Å²) in [6, 6.07) is 12.0. The second kappa shape index (κ2) is 9.16. The second-order valence-corrected chi connectivity index (χ2v) is 7.64. The van der Waals surface area contributed by atoms with Gasteiger partial charge in [-0.1, -0.05) is 29.8 Å². The number of halogens is 1. The third-order valence-corrected chi connectivity index (χ3v) is 5.35. The maximum Gasteiger partial charge on any atom is 0.329 e. The summed E-state index contributed by atoms with van der Waals surface area (Å²) >= 11 is 6.00. The van der Waals surface area contributed by atoms with Crippen LogP contribution in [0.4, 0.5) is 5.69 Å². The minimum Gasteiger partial charge on any atom is -0.493 e. The highest BCUT2D eigenvalue weighted by atomic mass is 35.5. The Morgan fingerprint density at radius 1 is 1.30 bits per heavy atom. The molecule has 4 N–H and O–H groups in total. The fraction of sp³-hybridized carbons (Fsp3) is 0.130. The standard InChI is InChI=1S/C23H18ClN5O4/c24-16-5-6-17-15(12-27-18(17)10-16)9-19-22(32)29(23(33)28-19)20(21(31)26-7-8-30)14-3-1-13(11-25)2-4-14/h1-6,9-10,12,20,30,32H,7-8H2,(H,26,31)(H,28,33). The molecule has 33 heavy (non-hydrogen) atoms. The molecule has 0 saturated heterocycles. The molecule has 0 bridgehead atoms. The van der Waals surface area contributed by atoms with Crippen molar-refractivity contribution in [2.45, 2.75) is 6.04 Å². The molecule has 0 aliphatic carbocycles. The van der Waals surface area contributed by atoms with E-state index in [4.69, 9.17) is 22.0 Å². The number of H-pyrrole nitrogens is 1. The number of nitriles is 1. The smallest absolute Gasteiger partial charge is 0.329 e. The Morgan fingerprint density at radius 3 is 2.76 bits per heavy atom. The molecule has 1 aliphatic rings. The molecule has 1 amide bonds. The predicted octanol–water partition coefficient (Wildman–Crippen LogP) is 2.36. The second-order valence-electron chi connectivity index (χ2n) is 7.21. The maximum absolute atomic E-state index is 12.9. The molecule has 3 aromatic rings. The van der Waals surface area contributed by atoms with Crippen LogP contribution in [-0.4, -0.2) is 45.0 Å². The number of carbonyl (C=O) groups excluding carboxylic acids is 1. The number of hydrogen-bond acceptors (Lipinski definition) is 6. The molecule has 0 spiro atoms. The first kappa shape index (κ1) is 22.1. The maximum atomic E-state index is 12.9. The number of nitrogens with one attached hydrogen (secondary N) is 2. The van der Waals surface area contributed by atoms with Crippen LogP contribution in [0.25, 0.3) is 11.6 Å². The van der Waals surface area contributed by atoms with Gasteiger partial charge in [0.25, 0.3) is 0 Å². The molecule has 0 saturated carbocycles. The number of rotatable bonds is 6. The third kappa shape index (κ3) is 4.30. The summed E-state index contributed by atoms with van der Waals surface area (Å²) in [4.78, 5) is 32.6. The fourth-order valence-corrected chi connectivity index (χ4v) is 3.73. The molecule has 2 aromatic carbocycles. The van der Waals surface area contributed by atoms with E-state index in [1.165, 1.54) is 24.3 Å². The zero-order valence-electron chi connectivity index (χ0n) is 17.1. The summed E-state index contributed by atoms with van der Waals surface area (Å²) < 4.78 is 0.926.